The van der Waals surface area contributed by atoms with Gasteiger partial charge in [0.1, 0.15) is 11.3 Å². The van der Waals surface area contributed by atoms with E-state index in [1.165, 1.54) is 10.4 Å². The lowest BCUT2D eigenvalue weighted by molar-refractivity contribution is 0.209. The van der Waals surface area contributed by atoms with Gasteiger partial charge in [-0.15, -0.1) is 12.3 Å². The molecule has 3 N–H and O–H groups in total. The molecule has 1 aliphatic heterocycles. The number of carbonyl (C=O) groups is 1. The molecule has 0 radical (unpaired) electrons. The van der Waals surface area contributed by atoms with Crippen molar-refractivity contribution in [3.8, 4) is 12.3 Å². The molecule has 0 unspecified atom stereocenters. The first-order valence-electron chi connectivity index (χ1n) is 11.4. The molecule has 0 atom stereocenters. The van der Waals surface area contributed by atoms with Crippen molar-refractivity contribution in [3.63, 3.8) is 0 Å². The maximum Gasteiger partial charge on any atom is 0.409 e. The quantitative estimate of drug-likeness (QED) is 0.503. The molecule has 11 nitrogen and oxygen atoms in total. The lowest BCUT2D eigenvalue weighted by atomic mass is 10.1. The van der Waals surface area contributed by atoms with Gasteiger partial charge in [-0.1, -0.05) is 12.8 Å². The third-order valence-corrected chi connectivity index (χ3v) is 8.26. The number of sulfonamides is 1. The second kappa shape index (κ2) is 9.99. The number of nitrogens with zero attached hydrogens (tertiary/aromatic N) is 4. The predicted octanol–water partition coefficient (Wildman–Crippen LogP) is 2.23. The summed E-state index contributed by atoms with van der Waals surface area (Å²) in [5, 5.41) is 15.1. The normalized spacial score (nSPS) is 18.1. The molecule has 12 heteroatoms. The number of hydrogen-bond donors (Lipinski definition) is 3. The van der Waals surface area contributed by atoms with Crippen LogP contribution in [0.25, 0.3) is 11.0 Å². The van der Waals surface area contributed by atoms with Crippen LogP contribution in [-0.4, -0.2) is 63.3 Å². The number of carboxylic acid groups (broad SMARTS) is 1. The number of amides is 1. The van der Waals surface area contributed by atoms with Crippen molar-refractivity contribution >= 4 is 38.8 Å². The van der Waals surface area contributed by atoms with Gasteiger partial charge >= 0.3 is 6.09 Å². The van der Waals surface area contributed by atoms with Gasteiger partial charge < -0.3 is 10.4 Å². The number of aromatic nitrogens is 3. The van der Waals surface area contributed by atoms with Crippen molar-refractivity contribution < 1.29 is 18.3 Å². The van der Waals surface area contributed by atoms with Crippen LogP contribution in [0.3, 0.4) is 0 Å². The average Bonchev–Trinajstić information content (AvgIpc) is 3.33. The smallest absolute Gasteiger partial charge is 0.409 e. The molecule has 2 aliphatic rings. The summed E-state index contributed by atoms with van der Waals surface area (Å²) < 4.78 is 27.8. The van der Waals surface area contributed by atoms with Gasteiger partial charge in [0.15, 0.2) is 0 Å². The van der Waals surface area contributed by atoms with Crippen molar-refractivity contribution in [2.24, 2.45) is 0 Å². The number of nitrogens with one attached hydrogen (secondary N) is 2. The fraction of sp³-hybridized carbons (Fsp3) is 0.545. The Morgan fingerprint density at radius 1 is 1.24 bits per heavy atom. The third kappa shape index (κ3) is 5.15. The zero-order valence-electron chi connectivity index (χ0n) is 18.7. The maximum atomic E-state index is 13.1. The summed E-state index contributed by atoms with van der Waals surface area (Å²) in [6, 6.07) is 1.39. The Morgan fingerprint density at radius 3 is 2.59 bits per heavy atom. The van der Waals surface area contributed by atoms with E-state index in [0.717, 1.165) is 25.7 Å². The largest absolute Gasteiger partial charge is 0.465 e. The van der Waals surface area contributed by atoms with Gasteiger partial charge in [-0.3, -0.25) is 14.7 Å². The molecule has 34 heavy (non-hydrogen) atoms. The molecule has 1 aliphatic carbocycles. The molecule has 2 aromatic heterocycles. The lowest BCUT2D eigenvalue weighted by Gasteiger charge is -2.31. The Bertz CT molecular complexity index is 1270. The minimum atomic E-state index is -3.36. The number of fused-ring (bicyclic) bond motifs is 1. The zero-order chi connectivity index (χ0) is 24.3. The minimum Gasteiger partial charge on any atom is -0.465 e. The van der Waals surface area contributed by atoms with Crippen molar-refractivity contribution in [2.45, 2.75) is 57.0 Å². The summed E-state index contributed by atoms with van der Waals surface area (Å²) in [5.74, 6) is 2.67. The Hall–Kier alpha value is -3.17. The summed E-state index contributed by atoms with van der Waals surface area (Å²) in [6.07, 6.45) is 10.5. The highest BCUT2D eigenvalue weighted by atomic mass is 32.2. The molecular weight excluding hydrogens is 460 g/mol. The van der Waals surface area contributed by atoms with E-state index in [9.17, 15) is 18.0 Å². The lowest BCUT2D eigenvalue weighted by Crippen LogP contribution is -2.43. The first kappa shape index (κ1) is 24.0. The standard InChI is InChI=1S/C22H28N6O5S/c1-2-3-12-34(32,33)27-10-8-16(9-11-27)24-21-23-14-15-13-18(25-22(30)31)20(29)28(19(15)26-21)17-6-4-5-7-17/h1,13-14,16-17,25H,3-12H2,(H,30,31)(H,23,24,26). The highest BCUT2D eigenvalue weighted by Crippen LogP contribution is 2.31. The van der Waals surface area contributed by atoms with Gasteiger partial charge in [0, 0.05) is 43.2 Å². The van der Waals surface area contributed by atoms with Crippen LogP contribution >= 0.6 is 0 Å². The van der Waals surface area contributed by atoms with Gasteiger partial charge in [0.05, 0.1) is 5.75 Å². The molecule has 2 fully saturated rings. The van der Waals surface area contributed by atoms with Gasteiger partial charge in [-0.2, -0.15) is 4.98 Å². The Morgan fingerprint density at radius 2 is 1.94 bits per heavy atom. The number of hydrogen-bond acceptors (Lipinski definition) is 7. The Labute approximate surface area is 197 Å². The monoisotopic (exact) mass is 488 g/mol. The second-order valence-corrected chi connectivity index (χ2v) is 10.8. The first-order chi connectivity index (χ1) is 16.3. The third-order valence-electron chi connectivity index (χ3n) is 6.39. The second-order valence-electron chi connectivity index (χ2n) is 8.66. The Balaban J connectivity index is 1.56. The van der Waals surface area contributed by atoms with E-state index in [4.69, 9.17) is 11.5 Å². The van der Waals surface area contributed by atoms with E-state index in [2.05, 4.69) is 26.5 Å². The molecule has 2 aromatic rings. The van der Waals surface area contributed by atoms with E-state index in [1.54, 1.807) is 10.8 Å². The SMILES string of the molecule is C#CCCS(=O)(=O)N1CCC(Nc2ncc3cc(NC(=O)O)c(=O)n(C4CCCC4)c3n2)CC1. The Kier molecular flexibility index (Phi) is 7.04. The number of terminal acetylenes is 1. The first-order valence-corrected chi connectivity index (χ1v) is 13.0. The molecule has 0 aromatic carbocycles. The molecule has 182 valence electrons. The topological polar surface area (TPSA) is 147 Å². The van der Waals surface area contributed by atoms with Gasteiger partial charge in [-0.25, -0.2) is 22.5 Å². The van der Waals surface area contributed by atoms with Crippen LogP contribution in [0, 0.1) is 12.3 Å². The molecule has 3 heterocycles. The van der Waals surface area contributed by atoms with Crippen LogP contribution in [0.4, 0.5) is 16.4 Å². The highest BCUT2D eigenvalue weighted by molar-refractivity contribution is 7.89. The molecule has 1 amide bonds. The van der Waals surface area contributed by atoms with Crippen molar-refractivity contribution in [1.82, 2.24) is 18.8 Å². The van der Waals surface area contributed by atoms with Gasteiger partial charge in [0.2, 0.25) is 16.0 Å². The average molecular weight is 489 g/mol. The van der Waals surface area contributed by atoms with Crippen LogP contribution in [0.5, 0.6) is 0 Å². The van der Waals surface area contributed by atoms with Crippen LogP contribution < -0.4 is 16.2 Å². The molecule has 0 spiro atoms. The van der Waals surface area contributed by atoms with Crippen LogP contribution in [0.2, 0.25) is 0 Å². The summed E-state index contributed by atoms with van der Waals surface area (Å²) in [5.41, 5.74) is 0.0196. The van der Waals surface area contributed by atoms with E-state index in [0.29, 0.717) is 42.9 Å². The molecule has 0 bridgehead atoms. The molecule has 1 saturated heterocycles. The van der Waals surface area contributed by atoms with Crippen molar-refractivity contribution in [2.75, 3.05) is 29.5 Å². The fourth-order valence-corrected chi connectivity index (χ4v) is 6.07. The summed E-state index contributed by atoms with van der Waals surface area (Å²) in [7, 11) is -3.36. The zero-order valence-corrected chi connectivity index (χ0v) is 19.6. The van der Waals surface area contributed by atoms with Gasteiger partial charge in [0.25, 0.3) is 5.56 Å². The summed E-state index contributed by atoms with van der Waals surface area (Å²) in [4.78, 5) is 33.2. The van der Waals surface area contributed by atoms with Crippen LogP contribution in [-0.2, 0) is 10.0 Å². The van der Waals surface area contributed by atoms with Crippen molar-refractivity contribution in [1.29, 1.82) is 0 Å². The molecule has 4 rings (SSSR count). The van der Waals surface area contributed by atoms with Crippen LogP contribution in [0.1, 0.15) is 51.0 Å². The molecular formula is C22H28N6O5S. The highest BCUT2D eigenvalue weighted by Gasteiger charge is 2.28. The van der Waals surface area contributed by atoms with E-state index < -0.39 is 21.7 Å². The van der Waals surface area contributed by atoms with Crippen LogP contribution in [0.15, 0.2) is 17.1 Å². The molecule has 1 saturated carbocycles. The maximum absolute atomic E-state index is 13.1. The van der Waals surface area contributed by atoms with E-state index in [-0.39, 0.29) is 29.9 Å². The fourth-order valence-electron chi connectivity index (χ4n) is 4.67. The van der Waals surface area contributed by atoms with Crippen molar-refractivity contribution in [3.05, 3.63) is 22.6 Å². The minimum absolute atomic E-state index is 0.0175. The van der Waals surface area contributed by atoms with E-state index in [1.807, 2.05) is 0 Å². The summed E-state index contributed by atoms with van der Waals surface area (Å²) >= 11 is 0. The number of anilines is 2. The predicted molar refractivity (Wildman–Crippen MR) is 128 cm³/mol. The number of piperidine rings is 1. The van der Waals surface area contributed by atoms with E-state index >= 15 is 0 Å². The summed E-state index contributed by atoms with van der Waals surface area (Å²) in [6.45, 7) is 0.768. The van der Waals surface area contributed by atoms with Gasteiger partial charge in [-0.05, 0) is 31.7 Å². The number of pyridine rings is 1. The number of rotatable bonds is 7.